The molecule has 0 amide bonds. The lowest BCUT2D eigenvalue weighted by Crippen LogP contribution is -2.21. The first-order valence-electron chi connectivity index (χ1n) is 6.22. The maximum absolute atomic E-state index is 11.4. The van der Waals surface area contributed by atoms with Crippen molar-refractivity contribution in [2.45, 2.75) is 38.4 Å². The summed E-state index contributed by atoms with van der Waals surface area (Å²) in [6.45, 7) is 9.43. The molecule has 0 bridgehead atoms. The largest absolute Gasteiger partial charge is 0.478 e. The van der Waals surface area contributed by atoms with Gasteiger partial charge in [-0.15, -0.1) is 0 Å². The highest BCUT2D eigenvalue weighted by Crippen LogP contribution is 2.46. The highest BCUT2D eigenvalue weighted by atomic mass is 79.9. The Bertz CT molecular complexity index is 525. The van der Waals surface area contributed by atoms with E-state index in [-0.39, 0.29) is 10.7 Å². The Labute approximate surface area is 126 Å². The quantitative estimate of drug-likeness (QED) is 0.801. The number of benzene rings is 1. The van der Waals surface area contributed by atoms with Gasteiger partial charge in [-0.3, -0.25) is 0 Å². The lowest BCUT2D eigenvalue weighted by molar-refractivity contribution is 0.0695. The molecule has 5 heteroatoms. The fourth-order valence-electron chi connectivity index (χ4n) is 2.36. The predicted octanol–water partition coefficient (Wildman–Crippen LogP) is 4.52. The van der Waals surface area contributed by atoms with E-state index in [0.717, 1.165) is 22.3 Å². The molecule has 0 spiro atoms. The average Bonchev–Trinajstić information content (AvgIpc) is 2.52. The number of rotatable bonds is 2. The standard InChI is InChI=1S/C14H18BrNO2S/c1-8-7-16(19-14(2,3)4)11-6-9(15)5-10(12(8)11)13(17)18/h5-6,8H,7H2,1-4H3,(H,17,18). The number of carboxylic acids is 1. The third-order valence-electron chi connectivity index (χ3n) is 2.94. The summed E-state index contributed by atoms with van der Waals surface area (Å²) in [6.07, 6.45) is 0. The molecular formula is C14H18BrNO2S. The number of hydrogen-bond donors (Lipinski definition) is 1. The fraction of sp³-hybridized carbons (Fsp3) is 0.500. The van der Waals surface area contributed by atoms with Crippen LogP contribution in [0.2, 0.25) is 0 Å². The monoisotopic (exact) mass is 343 g/mol. The molecule has 1 aliphatic rings. The lowest BCUT2D eigenvalue weighted by Gasteiger charge is -2.27. The number of aromatic carboxylic acids is 1. The molecule has 3 nitrogen and oxygen atoms in total. The van der Waals surface area contributed by atoms with Crippen LogP contribution in [0.4, 0.5) is 5.69 Å². The van der Waals surface area contributed by atoms with Crippen LogP contribution < -0.4 is 4.31 Å². The minimum atomic E-state index is -0.855. The topological polar surface area (TPSA) is 40.5 Å². The molecule has 104 valence electrons. The van der Waals surface area contributed by atoms with Crippen molar-refractivity contribution in [2.24, 2.45) is 0 Å². The summed E-state index contributed by atoms with van der Waals surface area (Å²) in [5.41, 5.74) is 2.39. The van der Waals surface area contributed by atoms with Crippen molar-refractivity contribution in [3.8, 4) is 0 Å². The van der Waals surface area contributed by atoms with Gasteiger partial charge in [0, 0.05) is 21.7 Å². The smallest absolute Gasteiger partial charge is 0.336 e. The van der Waals surface area contributed by atoms with E-state index in [0.29, 0.717) is 5.56 Å². The number of carboxylic acid groups (broad SMARTS) is 1. The first-order valence-corrected chi connectivity index (χ1v) is 7.79. The molecule has 0 fully saturated rings. The third-order valence-corrected chi connectivity index (χ3v) is 4.51. The van der Waals surface area contributed by atoms with Gasteiger partial charge >= 0.3 is 5.97 Å². The first-order chi connectivity index (χ1) is 8.69. The molecule has 1 atom stereocenters. The summed E-state index contributed by atoms with van der Waals surface area (Å²) < 4.78 is 3.14. The van der Waals surface area contributed by atoms with Crippen LogP contribution in [-0.4, -0.2) is 22.4 Å². The number of anilines is 1. The molecule has 1 unspecified atom stereocenters. The van der Waals surface area contributed by atoms with E-state index in [1.165, 1.54) is 0 Å². The Morgan fingerprint density at radius 3 is 2.63 bits per heavy atom. The molecule has 2 rings (SSSR count). The molecule has 1 N–H and O–H groups in total. The Kier molecular flexibility index (Phi) is 3.89. The van der Waals surface area contributed by atoms with E-state index in [1.807, 2.05) is 6.07 Å². The third kappa shape index (κ3) is 3.08. The summed E-state index contributed by atoms with van der Waals surface area (Å²) in [4.78, 5) is 11.4. The normalized spacial score (nSPS) is 18.6. The van der Waals surface area contributed by atoms with Crippen molar-refractivity contribution < 1.29 is 9.90 Å². The highest BCUT2D eigenvalue weighted by molar-refractivity contribution is 9.10. The van der Waals surface area contributed by atoms with Crippen molar-refractivity contribution in [3.63, 3.8) is 0 Å². The van der Waals surface area contributed by atoms with Gasteiger partial charge in [0.1, 0.15) is 0 Å². The van der Waals surface area contributed by atoms with Gasteiger partial charge in [0.15, 0.2) is 0 Å². The van der Waals surface area contributed by atoms with Gasteiger partial charge in [-0.25, -0.2) is 4.79 Å². The molecule has 0 saturated heterocycles. The molecule has 0 aromatic heterocycles. The van der Waals surface area contributed by atoms with Gasteiger partial charge in [-0.2, -0.15) is 0 Å². The second kappa shape index (κ2) is 5.02. The SMILES string of the molecule is CC1CN(SC(C)(C)C)c2cc(Br)cc(C(=O)O)c21. The summed E-state index contributed by atoms with van der Waals surface area (Å²) in [7, 11) is 0. The van der Waals surface area contributed by atoms with Gasteiger partial charge in [-0.05, 0) is 50.4 Å². The molecule has 0 radical (unpaired) electrons. The van der Waals surface area contributed by atoms with Crippen LogP contribution in [0.1, 0.15) is 49.5 Å². The van der Waals surface area contributed by atoms with E-state index in [9.17, 15) is 9.90 Å². The van der Waals surface area contributed by atoms with Gasteiger partial charge in [-0.1, -0.05) is 22.9 Å². The van der Waals surface area contributed by atoms with Crippen molar-refractivity contribution in [3.05, 3.63) is 27.7 Å². The Morgan fingerprint density at radius 2 is 2.11 bits per heavy atom. The molecular weight excluding hydrogens is 326 g/mol. The number of carbonyl (C=O) groups is 1. The average molecular weight is 344 g/mol. The van der Waals surface area contributed by atoms with Crippen LogP contribution in [0.25, 0.3) is 0 Å². The second-order valence-corrected chi connectivity index (χ2v) is 8.62. The van der Waals surface area contributed by atoms with E-state index in [1.54, 1.807) is 18.0 Å². The fourth-order valence-corrected chi connectivity index (χ4v) is 4.01. The van der Waals surface area contributed by atoms with Crippen LogP contribution >= 0.6 is 27.9 Å². The van der Waals surface area contributed by atoms with Crippen LogP contribution in [0.3, 0.4) is 0 Å². The number of halogens is 1. The van der Waals surface area contributed by atoms with Crippen LogP contribution in [0, 0.1) is 0 Å². The molecule has 0 aliphatic carbocycles. The minimum Gasteiger partial charge on any atom is -0.478 e. The predicted molar refractivity (Wildman–Crippen MR) is 84.2 cm³/mol. The Morgan fingerprint density at radius 1 is 1.47 bits per heavy atom. The summed E-state index contributed by atoms with van der Waals surface area (Å²) in [5, 5.41) is 9.36. The lowest BCUT2D eigenvalue weighted by atomic mass is 9.97. The zero-order valence-electron chi connectivity index (χ0n) is 11.5. The summed E-state index contributed by atoms with van der Waals surface area (Å²) in [5.74, 6) is -0.615. The van der Waals surface area contributed by atoms with Crippen LogP contribution in [-0.2, 0) is 0 Å². The maximum Gasteiger partial charge on any atom is 0.336 e. The molecule has 1 aromatic rings. The van der Waals surface area contributed by atoms with Gasteiger partial charge in [0.05, 0.1) is 11.3 Å². The Hall–Kier alpha value is -0.680. The van der Waals surface area contributed by atoms with Crippen molar-refractivity contribution in [2.75, 3.05) is 10.8 Å². The molecule has 1 heterocycles. The number of nitrogens with zero attached hydrogens (tertiary/aromatic N) is 1. The number of hydrogen-bond acceptors (Lipinski definition) is 3. The van der Waals surface area contributed by atoms with E-state index in [4.69, 9.17) is 0 Å². The van der Waals surface area contributed by atoms with Gasteiger partial charge < -0.3 is 9.41 Å². The van der Waals surface area contributed by atoms with Gasteiger partial charge in [0.2, 0.25) is 0 Å². The highest BCUT2D eigenvalue weighted by Gasteiger charge is 2.33. The van der Waals surface area contributed by atoms with Crippen molar-refractivity contribution in [1.82, 2.24) is 0 Å². The molecule has 19 heavy (non-hydrogen) atoms. The van der Waals surface area contributed by atoms with Crippen molar-refractivity contribution in [1.29, 1.82) is 0 Å². The summed E-state index contributed by atoms with van der Waals surface area (Å²) in [6, 6.07) is 3.72. The Balaban J connectivity index is 2.50. The molecule has 1 aliphatic heterocycles. The molecule has 0 saturated carbocycles. The second-order valence-electron chi connectivity index (χ2n) is 5.86. The minimum absolute atomic E-state index is 0.104. The zero-order valence-corrected chi connectivity index (χ0v) is 13.9. The van der Waals surface area contributed by atoms with E-state index in [2.05, 4.69) is 47.9 Å². The van der Waals surface area contributed by atoms with Crippen LogP contribution in [0.5, 0.6) is 0 Å². The van der Waals surface area contributed by atoms with Crippen molar-refractivity contribution >= 4 is 39.5 Å². The summed E-state index contributed by atoms with van der Waals surface area (Å²) >= 11 is 5.17. The van der Waals surface area contributed by atoms with Crippen LogP contribution in [0.15, 0.2) is 16.6 Å². The van der Waals surface area contributed by atoms with Gasteiger partial charge in [0.25, 0.3) is 0 Å². The van der Waals surface area contributed by atoms with E-state index >= 15 is 0 Å². The molecule has 1 aromatic carbocycles. The van der Waals surface area contributed by atoms with E-state index < -0.39 is 5.97 Å². The number of fused-ring (bicyclic) bond motifs is 1. The first kappa shape index (κ1) is 14.7. The zero-order chi connectivity index (χ0) is 14.4. The maximum atomic E-state index is 11.4.